The molecule has 1 aromatic carbocycles. The lowest BCUT2D eigenvalue weighted by molar-refractivity contribution is -0.144. The Balaban J connectivity index is 1.81. The monoisotopic (exact) mass is 353 g/mol. The third-order valence-electron chi connectivity index (χ3n) is 4.41. The smallest absolute Gasteiger partial charge is 0.306 e. The van der Waals surface area contributed by atoms with Crippen molar-refractivity contribution in [1.29, 1.82) is 0 Å². The van der Waals surface area contributed by atoms with Crippen molar-refractivity contribution in [3.63, 3.8) is 0 Å². The Labute approximate surface area is 135 Å². The van der Waals surface area contributed by atoms with Crippen molar-refractivity contribution in [2.75, 3.05) is 6.54 Å². The summed E-state index contributed by atoms with van der Waals surface area (Å²) in [5.74, 6) is -0.503. The standard InChI is InChI=1S/C17H24BrNO2/c1-12(10-13-6-8-15(18)9-7-13)19-11-14-4-2-3-5-16(14)17(20)21/h6-9,12,14,16,19H,2-5,10-11H2,1H3,(H,20,21). The van der Waals surface area contributed by atoms with E-state index in [0.717, 1.165) is 43.1 Å². The highest BCUT2D eigenvalue weighted by Gasteiger charge is 2.30. The Morgan fingerprint density at radius 2 is 2.00 bits per heavy atom. The average molecular weight is 354 g/mol. The summed E-state index contributed by atoms with van der Waals surface area (Å²) in [4.78, 5) is 11.3. The lowest BCUT2D eigenvalue weighted by Gasteiger charge is -2.29. The molecule has 1 aromatic rings. The zero-order valence-corrected chi connectivity index (χ0v) is 14.1. The second-order valence-corrected chi connectivity index (χ2v) is 7.04. The molecule has 0 aliphatic heterocycles. The molecule has 0 aromatic heterocycles. The van der Waals surface area contributed by atoms with Gasteiger partial charge in [0.05, 0.1) is 5.92 Å². The van der Waals surface area contributed by atoms with Crippen LogP contribution in [0.25, 0.3) is 0 Å². The van der Waals surface area contributed by atoms with Crippen molar-refractivity contribution in [2.45, 2.75) is 45.1 Å². The predicted octanol–water partition coefficient (Wildman–Crippen LogP) is 3.86. The van der Waals surface area contributed by atoms with E-state index in [-0.39, 0.29) is 11.8 Å². The number of halogens is 1. The Morgan fingerprint density at radius 1 is 1.33 bits per heavy atom. The Bertz CT molecular complexity index is 460. The number of nitrogens with one attached hydrogen (secondary N) is 1. The summed E-state index contributed by atoms with van der Waals surface area (Å²) in [6.07, 6.45) is 5.06. The van der Waals surface area contributed by atoms with Gasteiger partial charge in [-0.2, -0.15) is 0 Å². The minimum Gasteiger partial charge on any atom is -0.481 e. The van der Waals surface area contributed by atoms with Crippen molar-refractivity contribution >= 4 is 21.9 Å². The molecule has 0 bridgehead atoms. The van der Waals surface area contributed by atoms with Crippen molar-refractivity contribution in [2.24, 2.45) is 11.8 Å². The molecule has 3 nitrogen and oxygen atoms in total. The Morgan fingerprint density at radius 3 is 2.67 bits per heavy atom. The lowest BCUT2D eigenvalue weighted by Crippen LogP contribution is -2.38. The Hall–Kier alpha value is -0.870. The molecule has 116 valence electrons. The van der Waals surface area contributed by atoms with E-state index in [9.17, 15) is 9.90 Å². The fraction of sp³-hybridized carbons (Fsp3) is 0.588. The molecular formula is C17H24BrNO2. The van der Waals surface area contributed by atoms with E-state index in [0.29, 0.717) is 6.04 Å². The van der Waals surface area contributed by atoms with Crippen LogP contribution in [0.4, 0.5) is 0 Å². The summed E-state index contributed by atoms with van der Waals surface area (Å²) in [6.45, 7) is 2.98. The quantitative estimate of drug-likeness (QED) is 0.816. The molecule has 0 saturated heterocycles. The first-order valence-electron chi connectivity index (χ1n) is 7.77. The minimum atomic E-state index is -0.623. The molecular weight excluding hydrogens is 330 g/mol. The van der Waals surface area contributed by atoms with Gasteiger partial charge in [0.25, 0.3) is 0 Å². The second kappa shape index (κ2) is 7.95. The summed E-state index contributed by atoms with van der Waals surface area (Å²) in [5.41, 5.74) is 1.30. The van der Waals surface area contributed by atoms with Gasteiger partial charge < -0.3 is 10.4 Å². The number of aliphatic carboxylic acids is 1. The van der Waals surface area contributed by atoms with E-state index in [2.05, 4.69) is 52.4 Å². The van der Waals surface area contributed by atoms with E-state index in [1.54, 1.807) is 0 Å². The fourth-order valence-corrected chi connectivity index (χ4v) is 3.44. The van der Waals surface area contributed by atoms with Crippen LogP contribution in [0.3, 0.4) is 0 Å². The summed E-state index contributed by atoms with van der Waals surface area (Å²) in [5, 5.41) is 12.8. The molecule has 4 heteroatoms. The van der Waals surface area contributed by atoms with Gasteiger partial charge in [-0.1, -0.05) is 40.9 Å². The van der Waals surface area contributed by atoms with E-state index >= 15 is 0 Å². The second-order valence-electron chi connectivity index (χ2n) is 6.13. The van der Waals surface area contributed by atoms with Gasteiger partial charge >= 0.3 is 5.97 Å². The number of carbonyl (C=O) groups is 1. The first-order chi connectivity index (χ1) is 10.1. The summed E-state index contributed by atoms with van der Waals surface area (Å²) in [6, 6.07) is 8.74. The van der Waals surface area contributed by atoms with Crippen molar-refractivity contribution in [3.05, 3.63) is 34.3 Å². The normalized spacial score (nSPS) is 23.7. The summed E-state index contributed by atoms with van der Waals surface area (Å²) < 4.78 is 1.10. The summed E-state index contributed by atoms with van der Waals surface area (Å²) >= 11 is 3.44. The van der Waals surface area contributed by atoms with Gasteiger partial charge in [0.1, 0.15) is 0 Å². The van der Waals surface area contributed by atoms with Crippen LogP contribution < -0.4 is 5.32 Å². The number of carboxylic acids is 1. The van der Waals surface area contributed by atoms with Gasteiger partial charge in [0.2, 0.25) is 0 Å². The minimum absolute atomic E-state index is 0.161. The van der Waals surface area contributed by atoms with Crippen LogP contribution in [0.1, 0.15) is 38.2 Å². The van der Waals surface area contributed by atoms with Crippen molar-refractivity contribution in [3.8, 4) is 0 Å². The highest BCUT2D eigenvalue weighted by Crippen LogP contribution is 2.29. The largest absolute Gasteiger partial charge is 0.481 e. The van der Waals surface area contributed by atoms with Crippen molar-refractivity contribution in [1.82, 2.24) is 5.32 Å². The van der Waals surface area contributed by atoms with E-state index < -0.39 is 5.97 Å². The first kappa shape index (κ1) is 16.5. The molecule has 1 aliphatic rings. The lowest BCUT2D eigenvalue weighted by atomic mass is 9.79. The SMILES string of the molecule is CC(Cc1ccc(Br)cc1)NCC1CCCCC1C(=O)O. The number of hydrogen-bond donors (Lipinski definition) is 2. The van der Waals surface area contributed by atoms with Gasteiger partial charge in [-0.05, 0) is 56.3 Å². The number of rotatable bonds is 6. The molecule has 1 aliphatic carbocycles. The number of carboxylic acid groups (broad SMARTS) is 1. The van der Waals surface area contributed by atoms with Crippen LogP contribution in [-0.4, -0.2) is 23.7 Å². The summed E-state index contributed by atoms with van der Waals surface area (Å²) in [7, 11) is 0. The molecule has 21 heavy (non-hydrogen) atoms. The van der Waals surface area contributed by atoms with Crippen LogP contribution in [0.5, 0.6) is 0 Å². The van der Waals surface area contributed by atoms with E-state index in [1.807, 2.05) is 0 Å². The molecule has 0 heterocycles. The molecule has 3 atom stereocenters. The van der Waals surface area contributed by atoms with Gasteiger partial charge in [0.15, 0.2) is 0 Å². The molecule has 3 unspecified atom stereocenters. The van der Waals surface area contributed by atoms with Crippen LogP contribution in [0.2, 0.25) is 0 Å². The molecule has 2 rings (SSSR count). The number of benzene rings is 1. The fourth-order valence-electron chi connectivity index (χ4n) is 3.18. The maximum Gasteiger partial charge on any atom is 0.306 e. The highest BCUT2D eigenvalue weighted by molar-refractivity contribution is 9.10. The highest BCUT2D eigenvalue weighted by atomic mass is 79.9. The maximum atomic E-state index is 11.3. The zero-order valence-electron chi connectivity index (χ0n) is 12.5. The van der Waals surface area contributed by atoms with Crippen LogP contribution in [0.15, 0.2) is 28.7 Å². The van der Waals surface area contributed by atoms with Gasteiger partial charge in [0, 0.05) is 10.5 Å². The molecule has 2 N–H and O–H groups in total. The van der Waals surface area contributed by atoms with E-state index in [1.165, 1.54) is 5.56 Å². The van der Waals surface area contributed by atoms with Crippen LogP contribution in [-0.2, 0) is 11.2 Å². The topological polar surface area (TPSA) is 49.3 Å². The molecule has 1 saturated carbocycles. The predicted molar refractivity (Wildman–Crippen MR) is 88.4 cm³/mol. The Kier molecular flexibility index (Phi) is 6.24. The van der Waals surface area contributed by atoms with Crippen LogP contribution in [0, 0.1) is 11.8 Å². The van der Waals surface area contributed by atoms with Gasteiger partial charge in [-0.25, -0.2) is 0 Å². The van der Waals surface area contributed by atoms with Crippen LogP contribution >= 0.6 is 15.9 Å². The third-order valence-corrected chi connectivity index (χ3v) is 4.94. The molecule has 0 amide bonds. The number of hydrogen-bond acceptors (Lipinski definition) is 2. The first-order valence-corrected chi connectivity index (χ1v) is 8.56. The van der Waals surface area contributed by atoms with Crippen molar-refractivity contribution < 1.29 is 9.90 Å². The molecule has 0 spiro atoms. The van der Waals surface area contributed by atoms with E-state index in [4.69, 9.17) is 0 Å². The van der Waals surface area contributed by atoms with Gasteiger partial charge in [-0.15, -0.1) is 0 Å². The molecule has 1 fully saturated rings. The third kappa shape index (κ3) is 5.11. The molecule has 0 radical (unpaired) electrons. The zero-order chi connectivity index (χ0) is 15.2. The maximum absolute atomic E-state index is 11.3. The van der Waals surface area contributed by atoms with Gasteiger partial charge in [-0.3, -0.25) is 4.79 Å². The average Bonchev–Trinajstić information content (AvgIpc) is 2.48.